The van der Waals surface area contributed by atoms with Gasteiger partial charge in [0.05, 0.1) is 0 Å². The molecule has 0 fully saturated rings. The molecule has 0 bridgehead atoms. The van der Waals surface area contributed by atoms with Gasteiger partial charge in [0.25, 0.3) is 0 Å². The number of hydrogen-bond donors (Lipinski definition) is 0. The quantitative estimate of drug-likeness (QED) is 0.128. The Balaban J connectivity index is 0.871. The van der Waals surface area contributed by atoms with Crippen molar-refractivity contribution in [2.45, 2.75) is 26.2 Å². The normalized spacial score (nSPS) is 13.3. The number of para-hydroxylation sites is 3. The van der Waals surface area contributed by atoms with Gasteiger partial charge in [-0.25, -0.2) is 0 Å². The molecule has 2 aromatic heterocycles. The van der Waals surface area contributed by atoms with E-state index in [9.17, 15) is 0 Å². The Morgan fingerprint density at radius 3 is 1.36 bits per heavy atom. The molecule has 446 valence electrons. The van der Waals surface area contributed by atoms with E-state index in [0.717, 1.165) is 83.9 Å². The molecule has 13 aromatic carbocycles. The molecule has 3 aliphatic heterocycles. The van der Waals surface area contributed by atoms with Gasteiger partial charge in [-0.15, -0.1) is 0 Å². The number of ether oxygens (including phenoxy) is 1. The Bertz CT molecular complexity index is 5190. The summed E-state index contributed by atoms with van der Waals surface area (Å²) in [5.74, 6) is 2.43. The van der Waals surface area contributed by atoms with Crippen LogP contribution in [0, 0.1) is 0 Å². The number of benzene rings is 13. The van der Waals surface area contributed by atoms with Crippen LogP contribution in [0.15, 0.2) is 322 Å². The summed E-state index contributed by atoms with van der Waals surface area (Å²) >= 11 is -3.91. The average Bonchev–Trinajstić information content (AvgIpc) is 1.48. The molecule has 3 aliphatic rings. The number of hydrogen-bond acceptors (Lipinski definition) is 4. The SMILES string of the molecule is CC(C)(C)c1ccnc(-n2c3ccccc3c3ccc(Oc4cc[c]5c(c4)N4CN(c6c(-c7cc(-c8ccccc8)cc(-c8ccccc8)c7)cccc6-c6cc(-c7ccccc7)cc(-c7ccccc7)c6)c6ccc[c](c64)[Ge]54[c]5ccccc5-c5cccc[c]54)cc32)c1. The van der Waals surface area contributed by atoms with Gasteiger partial charge in [0.1, 0.15) is 0 Å². The van der Waals surface area contributed by atoms with Crippen LogP contribution in [-0.4, -0.2) is 29.5 Å². The summed E-state index contributed by atoms with van der Waals surface area (Å²) in [7, 11) is 0. The van der Waals surface area contributed by atoms with Gasteiger partial charge in [-0.3, -0.25) is 0 Å². The molecule has 15 aromatic rings. The van der Waals surface area contributed by atoms with E-state index in [1.807, 2.05) is 6.20 Å². The van der Waals surface area contributed by atoms with E-state index in [1.165, 1.54) is 79.0 Å². The van der Waals surface area contributed by atoms with Gasteiger partial charge in [-0.1, -0.05) is 45.0 Å². The molecule has 0 aliphatic carbocycles. The molecule has 0 radical (unpaired) electrons. The summed E-state index contributed by atoms with van der Waals surface area (Å²) in [6.45, 7) is 7.33. The predicted octanol–water partition coefficient (Wildman–Crippen LogP) is 20.2. The van der Waals surface area contributed by atoms with Gasteiger partial charge < -0.3 is 0 Å². The third kappa shape index (κ3) is 8.94. The van der Waals surface area contributed by atoms with Crippen molar-refractivity contribution in [1.29, 1.82) is 0 Å². The topological polar surface area (TPSA) is 33.5 Å². The second kappa shape index (κ2) is 22.0. The molecule has 0 atom stereocenters. The monoisotopic (exact) mass is 1270 g/mol. The first-order chi connectivity index (χ1) is 46.2. The standard InChI is InChI=1S/C88H64GeN4O/c1-88(2,3)68-46-47-90-85(54-68)93-81-40-21-18-34-75(81)76-44-42-69(55-83(76)93)94-70-43-45-79-84(56-70)92-57-91(82-41-23-39-80(87(82)92)89(79)77-37-19-16-32-73(77)74-33-17-20-38-78(74)89)86-71(66-50-62(58-24-8-4-9-25-58)48-63(51-66)59-26-10-5-11-27-59)35-22-36-72(86)67-52-64(60-28-12-6-13-29-60)49-65(53-67)61-30-14-7-15-31-61/h4-56H,57H2,1-3H3. The minimum absolute atomic E-state index is 0.0518. The summed E-state index contributed by atoms with van der Waals surface area (Å²) in [4.78, 5) is 10.3. The first kappa shape index (κ1) is 55.6. The van der Waals surface area contributed by atoms with E-state index in [-0.39, 0.29) is 5.41 Å². The molecular formula is C88H64GeN4O. The molecule has 0 saturated carbocycles. The van der Waals surface area contributed by atoms with Crippen LogP contribution < -0.4 is 32.1 Å². The molecule has 0 amide bonds. The number of fused-ring (bicyclic) bond motifs is 12. The van der Waals surface area contributed by atoms with Gasteiger partial charge in [-0.05, 0) is 11.5 Å². The minimum atomic E-state index is -3.91. The molecular weight excluding hydrogens is 1200 g/mol. The molecule has 94 heavy (non-hydrogen) atoms. The number of anilines is 4. The van der Waals surface area contributed by atoms with Gasteiger partial charge in [0, 0.05) is 0 Å². The second-order valence-corrected chi connectivity index (χ2v) is 33.9. The van der Waals surface area contributed by atoms with Crippen LogP contribution in [0.2, 0.25) is 0 Å². The fourth-order valence-corrected chi connectivity index (χ4v) is 27.2. The Morgan fingerprint density at radius 1 is 0.330 bits per heavy atom. The van der Waals surface area contributed by atoms with Crippen molar-refractivity contribution in [3.63, 3.8) is 0 Å². The van der Waals surface area contributed by atoms with E-state index in [0.29, 0.717) is 6.67 Å². The van der Waals surface area contributed by atoms with Crippen LogP contribution in [-0.2, 0) is 5.41 Å². The summed E-state index contributed by atoms with van der Waals surface area (Å²) < 4.78 is 15.4. The van der Waals surface area contributed by atoms with Crippen molar-refractivity contribution in [3.8, 4) is 95.2 Å². The van der Waals surface area contributed by atoms with E-state index >= 15 is 0 Å². The van der Waals surface area contributed by atoms with Crippen LogP contribution in [0.25, 0.3) is 106 Å². The number of pyridine rings is 1. The van der Waals surface area contributed by atoms with E-state index in [2.05, 4.69) is 351 Å². The molecule has 5 heterocycles. The van der Waals surface area contributed by atoms with Crippen LogP contribution in [0.3, 0.4) is 0 Å². The summed E-state index contributed by atoms with van der Waals surface area (Å²) in [6, 6.07) is 117. The Hall–Kier alpha value is -11.2. The number of rotatable bonds is 10. The van der Waals surface area contributed by atoms with E-state index in [1.54, 1.807) is 0 Å². The third-order valence-corrected chi connectivity index (χ3v) is 30.2. The molecule has 1 spiro atoms. The average molecular weight is 1270 g/mol. The molecule has 18 rings (SSSR count). The Labute approximate surface area is 551 Å². The molecule has 5 nitrogen and oxygen atoms in total. The first-order valence-electron chi connectivity index (χ1n) is 32.6. The van der Waals surface area contributed by atoms with Crippen molar-refractivity contribution in [2.24, 2.45) is 0 Å². The fraction of sp³-hybridized carbons (Fsp3) is 0.0568. The molecule has 0 N–H and O–H groups in total. The first-order valence-corrected chi connectivity index (χ1v) is 36.8. The summed E-state index contributed by atoms with van der Waals surface area (Å²) in [5, 5.41) is 2.32. The second-order valence-electron chi connectivity index (χ2n) is 26.2. The summed E-state index contributed by atoms with van der Waals surface area (Å²) in [5.41, 5.74) is 24.7. The fourth-order valence-electron chi connectivity index (χ4n) is 15.5. The number of nitrogens with zero attached hydrogens (tertiary/aromatic N) is 4. The van der Waals surface area contributed by atoms with Crippen molar-refractivity contribution in [3.05, 3.63) is 327 Å². The number of aromatic nitrogens is 2. The molecule has 0 unspecified atom stereocenters. The van der Waals surface area contributed by atoms with Crippen molar-refractivity contribution >= 4 is 75.4 Å². The van der Waals surface area contributed by atoms with Crippen LogP contribution >= 0.6 is 0 Å². The maximum atomic E-state index is 7.31. The zero-order valence-corrected chi connectivity index (χ0v) is 54.6. The third-order valence-electron chi connectivity index (χ3n) is 19.8. The Kier molecular flexibility index (Phi) is 13.0. The van der Waals surface area contributed by atoms with Crippen LogP contribution in [0.4, 0.5) is 22.7 Å². The Morgan fingerprint density at radius 2 is 0.787 bits per heavy atom. The van der Waals surface area contributed by atoms with Gasteiger partial charge in [0.15, 0.2) is 0 Å². The molecule has 0 saturated heterocycles. The van der Waals surface area contributed by atoms with Gasteiger partial charge in [0.2, 0.25) is 0 Å². The predicted molar refractivity (Wildman–Crippen MR) is 395 cm³/mol. The van der Waals surface area contributed by atoms with Crippen molar-refractivity contribution in [1.82, 2.24) is 9.55 Å². The zero-order chi connectivity index (χ0) is 62.7. The maximum absolute atomic E-state index is 7.31. The van der Waals surface area contributed by atoms with Crippen molar-refractivity contribution < 1.29 is 4.74 Å². The van der Waals surface area contributed by atoms with Gasteiger partial charge in [-0.2, -0.15) is 0 Å². The summed E-state index contributed by atoms with van der Waals surface area (Å²) in [6.07, 6.45) is 1.95. The van der Waals surface area contributed by atoms with Crippen LogP contribution in [0.1, 0.15) is 26.3 Å². The van der Waals surface area contributed by atoms with E-state index in [4.69, 9.17) is 9.72 Å². The van der Waals surface area contributed by atoms with Crippen molar-refractivity contribution in [2.75, 3.05) is 16.5 Å². The molecule has 6 heteroatoms. The van der Waals surface area contributed by atoms with E-state index < -0.39 is 13.3 Å². The zero-order valence-electron chi connectivity index (χ0n) is 52.5. The van der Waals surface area contributed by atoms with Gasteiger partial charge >= 0.3 is 498 Å². The van der Waals surface area contributed by atoms with Crippen LogP contribution in [0.5, 0.6) is 11.5 Å².